The van der Waals surface area contributed by atoms with E-state index >= 15 is 0 Å². The summed E-state index contributed by atoms with van der Waals surface area (Å²) in [6, 6.07) is 26.9. The van der Waals surface area contributed by atoms with Crippen LogP contribution in [0.4, 0.5) is 0 Å². The van der Waals surface area contributed by atoms with Gasteiger partial charge < -0.3 is 34.7 Å². The van der Waals surface area contributed by atoms with Crippen LogP contribution in [0.5, 0.6) is 0 Å². The topological polar surface area (TPSA) is 136 Å². The lowest BCUT2D eigenvalue weighted by Crippen LogP contribution is -2.45. The van der Waals surface area contributed by atoms with Gasteiger partial charge in [0.15, 0.2) is 0 Å². The van der Waals surface area contributed by atoms with Gasteiger partial charge in [0, 0.05) is 42.6 Å². The SMILES string of the molecule is CC1(C)CC2C(=Cc3ccccc3C(=O)OC3CC(C(=O)NCCC(=O)NCCO)=CC4OC(c5ccccc5)(c5ccccc5)OC43)CCC3OC3(C)CCC21. The summed E-state index contributed by atoms with van der Waals surface area (Å²) in [4.78, 5) is 40.3. The maximum atomic E-state index is 14.5. The second kappa shape index (κ2) is 16.0. The van der Waals surface area contributed by atoms with Crippen LogP contribution < -0.4 is 10.6 Å². The Hall–Kier alpha value is -4.61. The van der Waals surface area contributed by atoms with Crippen LogP contribution in [-0.4, -0.2) is 72.6 Å². The smallest absolute Gasteiger partial charge is 0.339 e. The van der Waals surface area contributed by atoms with E-state index in [4.69, 9.17) is 24.1 Å². The summed E-state index contributed by atoms with van der Waals surface area (Å²) in [6.07, 6.45) is 7.26. The lowest BCUT2D eigenvalue weighted by molar-refractivity contribution is -0.157. The van der Waals surface area contributed by atoms with Crippen molar-refractivity contribution in [1.29, 1.82) is 0 Å². The molecule has 300 valence electrons. The van der Waals surface area contributed by atoms with E-state index in [9.17, 15) is 14.4 Å². The average molecular weight is 775 g/mol. The highest BCUT2D eigenvalue weighted by Crippen LogP contribution is 2.60. The molecule has 0 radical (unpaired) electrons. The molecular formula is C47H54N2O8. The van der Waals surface area contributed by atoms with Crippen molar-refractivity contribution in [3.63, 3.8) is 0 Å². The Balaban J connectivity index is 1.08. The number of hydrogen-bond acceptors (Lipinski definition) is 8. The molecule has 10 heteroatoms. The van der Waals surface area contributed by atoms with Gasteiger partial charge in [-0.15, -0.1) is 0 Å². The Morgan fingerprint density at radius 3 is 2.26 bits per heavy atom. The quantitative estimate of drug-likeness (QED) is 0.146. The van der Waals surface area contributed by atoms with Gasteiger partial charge in [0.05, 0.1) is 23.9 Å². The molecule has 2 aliphatic heterocycles. The van der Waals surface area contributed by atoms with Gasteiger partial charge in [-0.25, -0.2) is 4.79 Å². The number of allylic oxidation sites excluding steroid dienone is 1. The highest BCUT2D eigenvalue weighted by atomic mass is 16.8. The first kappa shape index (κ1) is 39.2. The highest BCUT2D eigenvalue weighted by molar-refractivity contribution is 5.95. The molecule has 3 aromatic carbocycles. The third kappa shape index (κ3) is 7.97. The second-order valence-corrected chi connectivity index (χ2v) is 17.1. The molecule has 2 saturated heterocycles. The van der Waals surface area contributed by atoms with E-state index in [1.807, 2.05) is 84.9 Å². The van der Waals surface area contributed by atoms with Crippen LogP contribution in [0.15, 0.2) is 102 Å². The number of nitrogens with one attached hydrogen (secondary N) is 2. The number of ether oxygens (including phenoxy) is 4. The Morgan fingerprint density at radius 2 is 1.56 bits per heavy atom. The average Bonchev–Trinajstić information content (AvgIpc) is 3.67. The van der Waals surface area contributed by atoms with Crippen molar-refractivity contribution in [2.24, 2.45) is 17.3 Å². The molecule has 2 amide bonds. The van der Waals surface area contributed by atoms with Crippen LogP contribution in [0.3, 0.4) is 0 Å². The number of esters is 1. The molecule has 3 N–H and O–H groups in total. The number of amides is 2. The maximum absolute atomic E-state index is 14.5. The minimum Gasteiger partial charge on any atom is -0.456 e. The third-order valence-electron chi connectivity index (χ3n) is 12.9. The van der Waals surface area contributed by atoms with E-state index in [1.54, 1.807) is 6.08 Å². The molecule has 0 spiro atoms. The second-order valence-electron chi connectivity index (χ2n) is 17.1. The van der Waals surface area contributed by atoms with Crippen molar-refractivity contribution in [3.05, 3.63) is 124 Å². The minimum absolute atomic E-state index is 0.0188. The first-order valence-corrected chi connectivity index (χ1v) is 20.5. The zero-order chi connectivity index (χ0) is 39.8. The van der Waals surface area contributed by atoms with Crippen molar-refractivity contribution < 1.29 is 38.4 Å². The van der Waals surface area contributed by atoms with Crippen molar-refractivity contribution in [3.8, 4) is 0 Å². The maximum Gasteiger partial charge on any atom is 0.339 e. The molecule has 2 saturated carbocycles. The number of hydrogen-bond donors (Lipinski definition) is 3. The van der Waals surface area contributed by atoms with Gasteiger partial charge in [-0.1, -0.05) is 104 Å². The fourth-order valence-electron chi connectivity index (χ4n) is 9.69. The van der Waals surface area contributed by atoms with E-state index < -0.39 is 30.1 Å². The Morgan fingerprint density at radius 1 is 0.860 bits per heavy atom. The van der Waals surface area contributed by atoms with Crippen molar-refractivity contribution in [1.82, 2.24) is 10.6 Å². The number of aliphatic hydroxyl groups is 1. The summed E-state index contributed by atoms with van der Waals surface area (Å²) in [5, 5.41) is 14.5. The number of rotatable bonds is 11. The molecule has 5 aliphatic rings. The predicted octanol–water partition coefficient (Wildman–Crippen LogP) is 6.62. The number of carbonyl (C=O) groups excluding carboxylic acids is 3. The first-order chi connectivity index (χ1) is 27.5. The van der Waals surface area contributed by atoms with Gasteiger partial charge in [-0.3, -0.25) is 9.59 Å². The minimum atomic E-state index is -1.33. The van der Waals surface area contributed by atoms with E-state index in [-0.39, 0.29) is 61.5 Å². The number of epoxide rings is 1. The van der Waals surface area contributed by atoms with Gasteiger partial charge in [-0.05, 0) is 74.0 Å². The van der Waals surface area contributed by atoms with Crippen molar-refractivity contribution in [2.45, 2.75) is 102 Å². The lowest BCUT2D eigenvalue weighted by Gasteiger charge is -2.53. The summed E-state index contributed by atoms with van der Waals surface area (Å²) in [6.45, 7) is 7.06. The number of benzene rings is 3. The summed E-state index contributed by atoms with van der Waals surface area (Å²) in [5.74, 6) is -1.48. The molecule has 7 atom stereocenters. The van der Waals surface area contributed by atoms with Crippen LogP contribution in [0.1, 0.15) is 92.8 Å². The number of fused-ring (bicyclic) bond motifs is 3. The van der Waals surface area contributed by atoms with Gasteiger partial charge in [0.1, 0.15) is 18.3 Å². The van der Waals surface area contributed by atoms with Gasteiger partial charge in [-0.2, -0.15) is 0 Å². The van der Waals surface area contributed by atoms with Crippen LogP contribution in [0.25, 0.3) is 6.08 Å². The number of carbonyl (C=O) groups is 3. The van der Waals surface area contributed by atoms with Gasteiger partial charge >= 0.3 is 5.97 Å². The summed E-state index contributed by atoms with van der Waals surface area (Å²) >= 11 is 0. The fourth-order valence-corrected chi connectivity index (χ4v) is 9.69. The molecular weight excluding hydrogens is 721 g/mol. The zero-order valence-corrected chi connectivity index (χ0v) is 33.1. The molecule has 3 aromatic rings. The fraction of sp³-hybridized carbons (Fsp3) is 0.468. The predicted molar refractivity (Wildman–Crippen MR) is 215 cm³/mol. The van der Waals surface area contributed by atoms with Gasteiger partial charge in [0.2, 0.25) is 17.6 Å². The summed E-state index contributed by atoms with van der Waals surface area (Å²) < 4.78 is 26.4. The Labute approximate surface area is 335 Å². The summed E-state index contributed by atoms with van der Waals surface area (Å²) in [7, 11) is 0. The summed E-state index contributed by atoms with van der Waals surface area (Å²) in [5.41, 5.74) is 4.78. The van der Waals surface area contributed by atoms with Crippen LogP contribution >= 0.6 is 0 Å². The normalized spacial score (nSPS) is 30.1. The zero-order valence-electron chi connectivity index (χ0n) is 33.1. The Bertz CT molecular complexity index is 1990. The van der Waals surface area contributed by atoms with Crippen molar-refractivity contribution >= 4 is 23.9 Å². The van der Waals surface area contributed by atoms with E-state index in [0.717, 1.165) is 48.8 Å². The molecule has 4 fully saturated rings. The first-order valence-electron chi connectivity index (χ1n) is 20.5. The van der Waals surface area contributed by atoms with Crippen LogP contribution in [0.2, 0.25) is 0 Å². The van der Waals surface area contributed by atoms with E-state index in [1.165, 1.54) is 5.57 Å². The molecule has 8 rings (SSSR count). The van der Waals surface area contributed by atoms with E-state index in [0.29, 0.717) is 23.0 Å². The van der Waals surface area contributed by atoms with Crippen LogP contribution in [-0.2, 0) is 34.3 Å². The monoisotopic (exact) mass is 774 g/mol. The molecule has 7 unspecified atom stereocenters. The largest absolute Gasteiger partial charge is 0.456 e. The molecule has 0 aromatic heterocycles. The molecule has 0 bridgehead atoms. The Kier molecular flexibility index (Phi) is 11.0. The lowest BCUT2D eigenvalue weighted by atomic mass is 9.52. The highest BCUT2D eigenvalue weighted by Gasteiger charge is 2.57. The van der Waals surface area contributed by atoms with Gasteiger partial charge in [0.25, 0.3) is 0 Å². The van der Waals surface area contributed by atoms with Crippen molar-refractivity contribution in [2.75, 3.05) is 19.7 Å². The standard InChI is InChI=1S/C47H54N2O8/c1-45(2)29-36-31(18-19-40-46(3,56-40)22-20-37(36)45)26-30-12-10-11-17-35(30)44(53)54-38-27-32(43(52)49-23-21-41(51)48-24-25-50)28-39-42(38)57-47(55-39,33-13-6-4-7-14-33)34-15-8-5-9-16-34/h4-17,26,28,36-40,42,50H,18-25,27,29H2,1-3H3,(H,48,51)(H,49,52). The molecule has 10 nitrogen and oxygen atoms in total. The number of aliphatic hydroxyl groups excluding tert-OH is 1. The molecule has 2 heterocycles. The third-order valence-corrected chi connectivity index (χ3v) is 12.9. The molecule has 3 aliphatic carbocycles. The van der Waals surface area contributed by atoms with Crippen LogP contribution in [0, 0.1) is 17.3 Å². The molecule has 57 heavy (non-hydrogen) atoms. The van der Waals surface area contributed by atoms with E-state index in [2.05, 4.69) is 37.5 Å².